The summed E-state index contributed by atoms with van der Waals surface area (Å²) in [4.78, 5) is 11.9. The zero-order valence-corrected chi connectivity index (χ0v) is 15.8. The van der Waals surface area contributed by atoms with Gasteiger partial charge in [0.25, 0.3) is 0 Å². The van der Waals surface area contributed by atoms with Crippen LogP contribution in [0, 0.1) is 0 Å². The summed E-state index contributed by atoms with van der Waals surface area (Å²) in [7, 11) is -3.59. The molecule has 0 spiro atoms. The van der Waals surface area contributed by atoms with Crippen LogP contribution >= 0.6 is 15.9 Å². The molecule has 0 atom stereocenters. The molecule has 0 aliphatic heterocycles. The Morgan fingerprint density at radius 2 is 1.64 bits per heavy atom. The standard InChI is InChI=1S/C15H22BrNO4S/c1-14(2,3)21-13(18)17-10-15(4,5)22(19,20)12-8-6-11(16)7-9-12/h6-9H,10H2,1-5H3,(H,17,18). The largest absolute Gasteiger partial charge is 0.444 e. The van der Waals surface area contributed by atoms with E-state index in [4.69, 9.17) is 4.74 Å². The van der Waals surface area contributed by atoms with Crippen LogP contribution in [0.1, 0.15) is 34.6 Å². The van der Waals surface area contributed by atoms with E-state index in [1.54, 1.807) is 46.8 Å². The maximum absolute atomic E-state index is 12.7. The number of ether oxygens (including phenoxy) is 1. The van der Waals surface area contributed by atoms with Gasteiger partial charge in [-0.25, -0.2) is 13.2 Å². The molecule has 1 aromatic rings. The first-order valence-electron chi connectivity index (χ1n) is 6.82. The number of halogens is 1. The van der Waals surface area contributed by atoms with Crippen LogP contribution in [0.4, 0.5) is 4.79 Å². The molecule has 5 nitrogen and oxygen atoms in total. The van der Waals surface area contributed by atoms with Crippen LogP contribution in [0.25, 0.3) is 0 Å². The van der Waals surface area contributed by atoms with Gasteiger partial charge in [-0.3, -0.25) is 0 Å². The van der Waals surface area contributed by atoms with Gasteiger partial charge < -0.3 is 10.1 Å². The van der Waals surface area contributed by atoms with Gasteiger partial charge in [-0.15, -0.1) is 0 Å². The van der Waals surface area contributed by atoms with Crippen molar-refractivity contribution in [3.63, 3.8) is 0 Å². The fraction of sp³-hybridized carbons (Fsp3) is 0.533. The fourth-order valence-electron chi connectivity index (χ4n) is 1.63. The molecule has 0 unspecified atom stereocenters. The average Bonchev–Trinajstić information content (AvgIpc) is 2.35. The first-order valence-corrected chi connectivity index (χ1v) is 9.10. The van der Waals surface area contributed by atoms with E-state index in [-0.39, 0.29) is 11.4 Å². The van der Waals surface area contributed by atoms with E-state index in [0.717, 1.165) is 4.47 Å². The molecule has 0 saturated heterocycles. The van der Waals surface area contributed by atoms with E-state index in [2.05, 4.69) is 21.2 Å². The maximum atomic E-state index is 12.7. The normalized spacial score (nSPS) is 12.8. The van der Waals surface area contributed by atoms with E-state index < -0.39 is 26.3 Å². The second-order valence-corrected chi connectivity index (χ2v) is 10.1. The molecule has 0 radical (unpaired) electrons. The van der Waals surface area contributed by atoms with E-state index in [1.165, 1.54) is 12.1 Å². The third-order valence-corrected chi connectivity index (χ3v) is 5.93. The Labute approximate surface area is 140 Å². The summed E-state index contributed by atoms with van der Waals surface area (Å²) >= 11 is 3.27. The predicted octanol–water partition coefficient (Wildman–Crippen LogP) is 3.53. The molecule has 0 aromatic heterocycles. The SMILES string of the molecule is CC(C)(C)OC(=O)NCC(C)(C)S(=O)(=O)c1ccc(Br)cc1. The number of rotatable bonds is 4. The number of hydrogen-bond donors (Lipinski definition) is 1. The molecular formula is C15H22BrNO4S. The molecule has 0 saturated carbocycles. The van der Waals surface area contributed by atoms with Crippen LogP contribution in [0.15, 0.2) is 33.6 Å². The molecule has 0 aliphatic carbocycles. The van der Waals surface area contributed by atoms with Crippen molar-refractivity contribution in [1.82, 2.24) is 5.32 Å². The smallest absolute Gasteiger partial charge is 0.407 e. The lowest BCUT2D eigenvalue weighted by Gasteiger charge is -2.26. The van der Waals surface area contributed by atoms with Crippen molar-refractivity contribution in [2.45, 2.75) is 49.9 Å². The van der Waals surface area contributed by atoms with Gasteiger partial charge >= 0.3 is 6.09 Å². The second-order valence-electron chi connectivity index (χ2n) is 6.57. The van der Waals surface area contributed by atoms with Crippen molar-refractivity contribution in [2.24, 2.45) is 0 Å². The quantitative estimate of drug-likeness (QED) is 0.851. The molecular weight excluding hydrogens is 370 g/mol. The summed E-state index contributed by atoms with van der Waals surface area (Å²) in [6, 6.07) is 6.41. The van der Waals surface area contributed by atoms with Crippen LogP contribution in [0.5, 0.6) is 0 Å². The van der Waals surface area contributed by atoms with Gasteiger partial charge in [0.2, 0.25) is 0 Å². The van der Waals surface area contributed by atoms with Gasteiger partial charge in [-0.1, -0.05) is 15.9 Å². The minimum atomic E-state index is -3.59. The van der Waals surface area contributed by atoms with Crippen molar-refractivity contribution in [2.75, 3.05) is 6.54 Å². The Balaban J connectivity index is 2.84. The number of carbonyl (C=O) groups excluding carboxylic acids is 1. The van der Waals surface area contributed by atoms with Gasteiger partial charge in [0.15, 0.2) is 9.84 Å². The lowest BCUT2D eigenvalue weighted by molar-refractivity contribution is 0.0523. The van der Waals surface area contributed by atoms with Gasteiger partial charge in [-0.05, 0) is 58.9 Å². The molecule has 7 heteroatoms. The Morgan fingerprint density at radius 1 is 1.14 bits per heavy atom. The van der Waals surface area contributed by atoms with Crippen molar-refractivity contribution < 1.29 is 17.9 Å². The lowest BCUT2D eigenvalue weighted by atomic mass is 10.2. The minimum absolute atomic E-state index is 0.0414. The molecule has 22 heavy (non-hydrogen) atoms. The number of hydrogen-bond acceptors (Lipinski definition) is 4. The topological polar surface area (TPSA) is 72.5 Å². The minimum Gasteiger partial charge on any atom is -0.444 e. The van der Waals surface area contributed by atoms with Crippen LogP contribution < -0.4 is 5.32 Å². The van der Waals surface area contributed by atoms with Gasteiger partial charge in [-0.2, -0.15) is 0 Å². The first kappa shape index (κ1) is 19.0. The summed E-state index contributed by atoms with van der Waals surface area (Å²) in [5, 5.41) is 2.52. The van der Waals surface area contributed by atoms with Crippen LogP contribution in [0.2, 0.25) is 0 Å². The van der Waals surface area contributed by atoms with Crippen molar-refractivity contribution >= 4 is 31.9 Å². The summed E-state index contributed by atoms with van der Waals surface area (Å²) in [6.07, 6.45) is -0.633. The van der Waals surface area contributed by atoms with E-state index >= 15 is 0 Å². The summed E-state index contributed by atoms with van der Waals surface area (Å²) in [5.41, 5.74) is -0.626. The highest BCUT2D eigenvalue weighted by Gasteiger charge is 2.36. The van der Waals surface area contributed by atoms with Crippen LogP contribution in [-0.4, -0.2) is 31.4 Å². The molecule has 0 bridgehead atoms. The zero-order chi connectivity index (χ0) is 17.2. The second kappa shape index (κ2) is 6.58. The molecule has 0 aliphatic rings. The van der Waals surface area contributed by atoms with Crippen molar-refractivity contribution in [3.8, 4) is 0 Å². The first-order chi connectivity index (χ1) is 9.85. The monoisotopic (exact) mass is 391 g/mol. The van der Waals surface area contributed by atoms with Crippen molar-refractivity contribution in [1.29, 1.82) is 0 Å². The van der Waals surface area contributed by atoms with E-state index in [9.17, 15) is 13.2 Å². The summed E-state index contributed by atoms with van der Waals surface area (Å²) in [6.45, 7) is 8.34. The number of sulfone groups is 1. The van der Waals surface area contributed by atoms with Gasteiger partial charge in [0.05, 0.1) is 9.64 Å². The number of benzene rings is 1. The molecule has 1 rings (SSSR count). The molecule has 1 amide bonds. The fourth-order valence-corrected chi connectivity index (χ4v) is 3.29. The highest BCUT2D eigenvalue weighted by atomic mass is 79.9. The van der Waals surface area contributed by atoms with Gasteiger partial charge in [0.1, 0.15) is 5.60 Å². The number of carbonyl (C=O) groups is 1. The maximum Gasteiger partial charge on any atom is 0.407 e. The molecule has 0 heterocycles. The number of amides is 1. The van der Waals surface area contributed by atoms with E-state index in [1.807, 2.05) is 0 Å². The summed E-state index contributed by atoms with van der Waals surface area (Å²) in [5.74, 6) is 0. The average molecular weight is 392 g/mol. The molecule has 1 N–H and O–H groups in total. The molecule has 1 aromatic carbocycles. The van der Waals surface area contributed by atoms with Crippen LogP contribution in [-0.2, 0) is 14.6 Å². The Hall–Kier alpha value is -1.08. The third-order valence-electron chi connectivity index (χ3n) is 2.91. The number of nitrogens with one attached hydrogen (secondary N) is 1. The zero-order valence-electron chi connectivity index (χ0n) is 13.4. The predicted molar refractivity (Wildman–Crippen MR) is 89.6 cm³/mol. The number of alkyl carbamates (subject to hydrolysis) is 1. The molecule has 124 valence electrons. The van der Waals surface area contributed by atoms with Gasteiger partial charge in [0, 0.05) is 11.0 Å². The molecule has 0 fully saturated rings. The van der Waals surface area contributed by atoms with E-state index in [0.29, 0.717) is 0 Å². The van der Waals surface area contributed by atoms with Crippen molar-refractivity contribution in [3.05, 3.63) is 28.7 Å². The summed E-state index contributed by atoms with van der Waals surface area (Å²) < 4.78 is 30.1. The highest BCUT2D eigenvalue weighted by Crippen LogP contribution is 2.26. The Bertz CT molecular complexity index is 631. The lowest BCUT2D eigenvalue weighted by Crippen LogP contribution is -2.45. The third kappa shape index (κ3) is 4.98. The Kier molecular flexibility index (Phi) is 5.67. The Morgan fingerprint density at radius 3 is 2.09 bits per heavy atom. The highest BCUT2D eigenvalue weighted by molar-refractivity contribution is 9.10. The van der Waals surface area contributed by atoms with Crippen LogP contribution in [0.3, 0.4) is 0 Å².